The minimum Gasteiger partial charge on any atom is -0.392 e. The lowest BCUT2D eigenvalue weighted by Crippen LogP contribution is -2.43. The van der Waals surface area contributed by atoms with Crippen molar-refractivity contribution in [3.8, 4) is 0 Å². The van der Waals surface area contributed by atoms with Crippen molar-refractivity contribution in [3.05, 3.63) is 29.3 Å². The number of rotatable bonds is 3. The predicted octanol–water partition coefficient (Wildman–Crippen LogP) is 2.27. The number of halogens is 2. The van der Waals surface area contributed by atoms with Gasteiger partial charge in [0.15, 0.2) is 11.6 Å². The van der Waals surface area contributed by atoms with Crippen LogP contribution in [0.2, 0.25) is 0 Å². The predicted molar refractivity (Wildman–Crippen MR) is 74.1 cm³/mol. The molecule has 1 fully saturated rings. The van der Waals surface area contributed by atoms with E-state index in [-0.39, 0.29) is 24.1 Å². The molecule has 0 unspecified atom stereocenters. The minimum absolute atomic E-state index is 0.0312. The summed E-state index contributed by atoms with van der Waals surface area (Å²) >= 11 is 0. The molecule has 1 N–H and O–H groups in total. The van der Waals surface area contributed by atoms with Crippen molar-refractivity contribution in [2.75, 3.05) is 13.1 Å². The molecule has 0 amide bonds. The Morgan fingerprint density at radius 2 is 2.00 bits per heavy atom. The maximum atomic E-state index is 13.9. The minimum atomic E-state index is -4.11. The Hall–Kier alpha value is -1.05. The van der Waals surface area contributed by atoms with Gasteiger partial charge in [-0.15, -0.1) is 0 Å². The molecular formula is C14H19F2NO3S. The average Bonchev–Trinajstić information content (AvgIpc) is 2.40. The normalized spacial score (nSPS) is 19.7. The summed E-state index contributed by atoms with van der Waals surface area (Å²) in [5.41, 5.74) is -0.168. The Balaban J connectivity index is 2.47. The van der Waals surface area contributed by atoms with E-state index in [1.54, 1.807) is 0 Å². The van der Waals surface area contributed by atoms with Crippen LogP contribution in [0.1, 0.15) is 32.3 Å². The molecule has 0 saturated carbocycles. The Bertz CT molecular complexity index is 644. The molecule has 4 nitrogen and oxygen atoms in total. The van der Waals surface area contributed by atoms with Crippen molar-refractivity contribution in [1.29, 1.82) is 0 Å². The number of sulfonamides is 1. The zero-order chi connectivity index (χ0) is 15.8. The molecule has 0 aliphatic carbocycles. The third kappa shape index (κ3) is 3.25. The molecule has 0 bridgehead atoms. The Kier molecular flexibility index (Phi) is 4.37. The molecule has 1 aliphatic rings. The van der Waals surface area contributed by atoms with Crippen molar-refractivity contribution >= 4 is 10.0 Å². The second-order valence-corrected chi connectivity index (χ2v) is 8.06. The van der Waals surface area contributed by atoms with E-state index in [9.17, 15) is 17.2 Å². The van der Waals surface area contributed by atoms with Gasteiger partial charge < -0.3 is 5.11 Å². The van der Waals surface area contributed by atoms with Gasteiger partial charge in [-0.25, -0.2) is 17.2 Å². The molecule has 1 aromatic carbocycles. The molecule has 21 heavy (non-hydrogen) atoms. The number of hydrogen-bond donors (Lipinski definition) is 1. The Labute approximate surface area is 123 Å². The summed E-state index contributed by atoms with van der Waals surface area (Å²) in [5, 5.41) is 9.04. The molecule has 1 heterocycles. The van der Waals surface area contributed by atoms with Gasteiger partial charge in [0.1, 0.15) is 4.90 Å². The van der Waals surface area contributed by atoms with E-state index in [0.717, 1.165) is 18.6 Å². The Morgan fingerprint density at radius 1 is 1.33 bits per heavy atom. The maximum absolute atomic E-state index is 13.9. The third-order valence-corrected chi connectivity index (χ3v) is 5.56. The fourth-order valence-corrected chi connectivity index (χ4v) is 4.40. The van der Waals surface area contributed by atoms with E-state index in [4.69, 9.17) is 5.11 Å². The third-order valence-electron chi connectivity index (χ3n) is 3.72. The SMILES string of the molecule is CC1(C)CCCN(S(=O)(=O)c2cc(CO)cc(F)c2F)C1. The molecule has 0 radical (unpaired) electrons. The summed E-state index contributed by atoms with van der Waals surface area (Å²) in [6, 6.07) is 1.80. The quantitative estimate of drug-likeness (QED) is 0.930. The molecule has 1 aliphatic heterocycles. The largest absolute Gasteiger partial charge is 0.392 e. The number of piperidine rings is 1. The molecule has 1 aromatic rings. The van der Waals surface area contributed by atoms with Gasteiger partial charge in [0.25, 0.3) is 0 Å². The smallest absolute Gasteiger partial charge is 0.246 e. The van der Waals surface area contributed by atoms with Crippen LogP contribution in [0.5, 0.6) is 0 Å². The van der Waals surface area contributed by atoms with Gasteiger partial charge in [-0.3, -0.25) is 0 Å². The highest BCUT2D eigenvalue weighted by atomic mass is 32.2. The number of benzene rings is 1. The van der Waals surface area contributed by atoms with Gasteiger partial charge in [0, 0.05) is 13.1 Å². The van der Waals surface area contributed by atoms with Crippen LogP contribution in [-0.4, -0.2) is 30.9 Å². The average molecular weight is 319 g/mol. The topological polar surface area (TPSA) is 57.6 Å². The van der Waals surface area contributed by atoms with Crippen molar-refractivity contribution < 1.29 is 22.3 Å². The van der Waals surface area contributed by atoms with Crippen molar-refractivity contribution in [3.63, 3.8) is 0 Å². The highest BCUT2D eigenvalue weighted by Gasteiger charge is 2.36. The molecule has 0 spiro atoms. The first kappa shape index (κ1) is 16.3. The zero-order valence-corrected chi connectivity index (χ0v) is 12.9. The standard InChI is InChI=1S/C14H19F2NO3S/c1-14(2)4-3-5-17(9-14)21(19,20)12-7-10(8-18)6-11(15)13(12)16/h6-7,18H,3-5,8-9H2,1-2H3. The second-order valence-electron chi connectivity index (χ2n) is 6.15. The van der Waals surface area contributed by atoms with Crippen LogP contribution in [0.15, 0.2) is 17.0 Å². The van der Waals surface area contributed by atoms with E-state index in [0.29, 0.717) is 6.42 Å². The van der Waals surface area contributed by atoms with Gasteiger partial charge in [-0.05, 0) is 36.0 Å². The van der Waals surface area contributed by atoms with E-state index in [1.807, 2.05) is 13.8 Å². The zero-order valence-electron chi connectivity index (χ0n) is 12.1. The lowest BCUT2D eigenvalue weighted by Gasteiger charge is -2.37. The first-order valence-corrected chi connectivity index (χ1v) is 8.20. The number of nitrogens with zero attached hydrogens (tertiary/aromatic N) is 1. The molecule has 1 saturated heterocycles. The summed E-state index contributed by atoms with van der Waals surface area (Å²) in [6.45, 7) is 3.88. The van der Waals surface area contributed by atoms with Gasteiger partial charge >= 0.3 is 0 Å². The van der Waals surface area contributed by atoms with E-state index < -0.39 is 33.2 Å². The number of hydrogen-bond acceptors (Lipinski definition) is 3. The highest BCUT2D eigenvalue weighted by molar-refractivity contribution is 7.89. The monoisotopic (exact) mass is 319 g/mol. The summed E-state index contributed by atoms with van der Waals surface area (Å²) in [4.78, 5) is -0.704. The lowest BCUT2D eigenvalue weighted by molar-refractivity contribution is 0.186. The molecule has 118 valence electrons. The maximum Gasteiger partial charge on any atom is 0.246 e. The highest BCUT2D eigenvalue weighted by Crippen LogP contribution is 2.33. The first-order chi connectivity index (χ1) is 9.67. The van der Waals surface area contributed by atoms with Crippen molar-refractivity contribution in [2.24, 2.45) is 5.41 Å². The second kappa shape index (κ2) is 5.62. The number of aliphatic hydroxyl groups excluding tert-OH is 1. The van der Waals surface area contributed by atoms with Crippen molar-refractivity contribution in [2.45, 2.75) is 38.2 Å². The Morgan fingerprint density at radius 3 is 2.57 bits per heavy atom. The molecule has 0 atom stereocenters. The number of aliphatic hydroxyl groups is 1. The van der Waals surface area contributed by atoms with Crippen LogP contribution in [0.4, 0.5) is 8.78 Å². The van der Waals surface area contributed by atoms with Crippen LogP contribution in [0.25, 0.3) is 0 Å². The van der Waals surface area contributed by atoms with Crippen LogP contribution < -0.4 is 0 Å². The van der Waals surface area contributed by atoms with Gasteiger partial charge in [0.2, 0.25) is 10.0 Å². The fourth-order valence-electron chi connectivity index (χ4n) is 2.61. The summed E-state index contributed by atoms with van der Waals surface area (Å²) < 4.78 is 53.7. The van der Waals surface area contributed by atoms with Crippen molar-refractivity contribution in [1.82, 2.24) is 4.31 Å². The van der Waals surface area contributed by atoms with Gasteiger partial charge in [-0.2, -0.15) is 4.31 Å². The van der Waals surface area contributed by atoms with E-state index >= 15 is 0 Å². The molecule has 2 rings (SSSR count). The molecule has 7 heteroatoms. The fraction of sp³-hybridized carbons (Fsp3) is 0.571. The van der Waals surface area contributed by atoms with E-state index in [1.165, 1.54) is 4.31 Å². The van der Waals surface area contributed by atoms with E-state index in [2.05, 4.69) is 0 Å². The van der Waals surface area contributed by atoms with Gasteiger partial charge in [0.05, 0.1) is 6.61 Å². The first-order valence-electron chi connectivity index (χ1n) is 6.76. The molecule has 0 aromatic heterocycles. The summed E-state index contributed by atoms with van der Waals surface area (Å²) in [7, 11) is -4.11. The lowest BCUT2D eigenvalue weighted by atomic mass is 9.85. The van der Waals surface area contributed by atoms with Crippen LogP contribution in [0.3, 0.4) is 0 Å². The van der Waals surface area contributed by atoms with Crippen LogP contribution in [0, 0.1) is 17.0 Å². The van der Waals surface area contributed by atoms with Crippen LogP contribution in [-0.2, 0) is 16.6 Å². The summed E-state index contributed by atoms with van der Waals surface area (Å²) in [5.74, 6) is -2.66. The molecular weight excluding hydrogens is 300 g/mol. The summed E-state index contributed by atoms with van der Waals surface area (Å²) in [6.07, 6.45) is 1.56. The van der Waals surface area contributed by atoms with Gasteiger partial charge in [-0.1, -0.05) is 13.8 Å². The van der Waals surface area contributed by atoms with Crippen LogP contribution >= 0.6 is 0 Å².